The quantitative estimate of drug-likeness (QED) is 0.713. The number of nitrogens with zero attached hydrogens (tertiary/aromatic N) is 1. The molecule has 0 radical (unpaired) electrons. The van der Waals surface area contributed by atoms with Crippen molar-refractivity contribution in [2.45, 2.75) is 39.2 Å². The molecule has 0 aromatic rings. The van der Waals surface area contributed by atoms with E-state index in [1.165, 1.54) is 4.90 Å². The first-order valence-electron chi connectivity index (χ1n) is 7.22. The van der Waals surface area contributed by atoms with Crippen LogP contribution in [0, 0.1) is 17.8 Å². The summed E-state index contributed by atoms with van der Waals surface area (Å²) >= 11 is 0. The highest BCUT2D eigenvalue weighted by Crippen LogP contribution is 2.38. The standard InChI is InChI=1S/C14H20N2O5/c1-3-10-12(18)15-11(17)6-16(10)13(19)8-4-7(2)5-9(8)14(20)21/h7-10H,3-6H2,1-2H3,(H,20,21)(H,15,17,18)/t7?,8-,9+,10?/m0/s1. The monoisotopic (exact) mass is 296 g/mol. The number of amides is 3. The Bertz CT molecular complexity index is 490. The van der Waals surface area contributed by atoms with Gasteiger partial charge in [-0.3, -0.25) is 24.5 Å². The number of aliphatic carboxylic acids is 1. The number of piperazine rings is 1. The van der Waals surface area contributed by atoms with Gasteiger partial charge in [0.15, 0.2) is 0 Å². The van der Waals surface area contributed by atoms with Gasteiger partial charge in [-0.05, 0) is 25.2 Å². The average molecular weight is 296 g/mol. The summed E-state index contributed by atoms with van der Waals surface area (Å²) in [5.74, 6) is -3.61. The largest absolute Gasteiger partial charge is 0.481 e. The first kappa shape index (κ1) is 15.5. The molecule has 2 unspecified atom stereocenters. The summed E-state index contributed by atoms with van der Waals surface area (Å²) in [4.78, 5) is 48.5. The first-order chi connectivity index (χ1) is 9.85. The molecule has 0 aromatic carbocycles. The minimum atomic E-state index is -0.987. The Labute approximate surface area is 122 Å². The highest BCUT2D eigenvalue weighted by molar-refractivity contribution is 6.04. The van der Waals surface area contributed by atoms with Gasteiger partial charge in [-0.15, -0.1) is 0 Å². The Morgan fingerprint density at radius 3 is 2.48 bits per heavy atom. The first-order valence-corrected chi connectivity index (χ1v) is 7.22. The predicted molar refractivity (Wildman–Crippen MR) is 72.0 cm³/mol. The molecule has 0 bridgehead atoms. The summed E-state index contributed by atoms with van der Waals surface area (Å²) in [6.07, 6.45) is 1.33. The number of carbonyl (C=O) groups is 4. The molecule has 3 amide bonds. The van der Waals surface area contributed by atoms with Crippen LogP contribution in [0.25, 0.3) is 0 Å². The molecule has 2 fully saturated rings. The maximum atomic E-state index is 12.7. The second kappa shape index (κ2) is 5.83. The molecule has 0 aromatic heterocycles. The molecule has 0 spiro atoms. The number of rotatable bonds is 3. The lowest BCUT2D eigenvalue weighted by molar-refractivity contribution is -0.155. The summed E-state index contributed by atoms with van der Waals surface area (Å²) < 4.78 is 0. The highest BCUT2D eigenvalue weighted by atomic mass is 16.4. The van der Waals surface area contributed by atoms with Crippen molar-refractivity contribution in [3.05, 3.63) is 0 Å². The van der Waals surface area contributed by atoms with Crippen LogP contribution in [0.2, 0.25) is 0 Å². The van der Waals surface area contributed by atoms with E-state index in [-0.39, 0.29) is 18.4 Å². The van der Waals surface area contributed by atoms with Crippen LogP contribution in [-0.4, -0.2) is 46.3 Å². The molecule has 2 aliphatic rings. The molecule has 2 rings (SSSR count). The van der Waals surface area contributed by atoms with Gasteiger partial charge in [0.1, 0.15) is 12.6 Å². The molecular weight excluding hydrogens is 276 g/mol. The molecule has 1 aliphatic heterocycles. The van der Waals surface area contributed by atoms with Crippen LogP contribution in [0.15, 0.2) is 0 Å². The van der Waals surface area contributed by atoms with E-state index < -0.39 is 35.7 Å². The molecule has 1 saturated heterocycles. The predicted octanol–water partition coefficient (Wildman–Crippen LogP) is -0.00310. The zero-order valence-electron chi connectivity index (χ0n) is 12.2. The van der Waals surface area contributed by atoms with Gasteiger partial charge in [0.25, 0.3) is 0 Å². The van der Waals surface area contributed by atoms with Crippen LogP contribution < -0.4 is 5.32 Å². The van der Waals surface area contributed by atoms with Gasteiger partial charge < -0.3 is 10.0 Å². The minimum Gasteiger partial charge on any atom is -0.481 e. The van der Waals surface area contributed by atoms with Gasteiger partial charge in [-0.1, -0.05) is 13.8 Å². The van der Waals surface area contributed by atoms with E-state index in [0.29, 0.717) is 19.3 Å². The second-order valence-corrected chi connectivity index (χ2v) is 5.93. The fourth-order valence-corrected chi connectivity index (χ4v) is 3.35. The van der Waals surface area contributed by atoms with Gasteiger partial charge in [0.05, 0.1) is 11.8 Å². The summed E-state index contributed by atoms with van der Waals surface area (Å²) in [6.45, 7) is 3.49. The Balaban J connectivity index is 2.22. The fraction of sp³-hybridized carbons (Fsp3) is 0.714. The van der Waals surface area contributed by atoms with E-state index >= 15 is 0 Å². The average Bonchev–Trinajstić information content (AvgIpc) is 2.79. The topological polar surface area (TPSA) is 104 Å². The maximum Gasteiger partial charge on any atom is 0.307 e. The number of hydrogen-bond donors (Lipinski definition) is 2. The van der Waals surface area contributed by atoms with Crippen LogP contribution in [0.5, 0.6) is 0 Å². The van der Waals surface area contributed by atoms with E-state index in [2.05, 4.69) is 5.32 Å². The Hall–Kier alpha value is -1.92. The fourth-order valence-electron chi connectivity index (χ4n) is 3.35. The number of imide groups is 1. The number of carbonyl (C=O) groups excluding carboxylic acids is 3. The Morgan fingerprint density at radius 2 is 1.90 bits per heavy atom. The Kier molecular flexibility index (Phi) is 4.29. The number of carboxylic acid groups (broad SMARTS) is 1. The van der Waals surface area contributed by atoms with E-state index in [1.807, 2.05) is 6.92 Å². The third-order valence-corrected chi connectivity index (χ3v) is 4.36. The maximum absolute atomic E-state index is 12.7. The Morgan fingerprint density at radius 1 is 1.29 bits per heavy atom. The molecule has 1 heterocycles. The third kappa shape index (κ3) is 2.91. The van der Waals surface area contributed by atoms with E-state index in [1.54, 1.807) is 6.92 Å². The second-order valence-electron chi connectivity index (χ2n) is 5.93. The molecular formula is C14H20N2O5. The molecule has 4 atom stereocenters. The van der Waals surface area contributed by atoms with Crippen molar-refractivity contribution in [2.24, 2.45) is 17.8 Å². The molecule has 1 aliphatic carbocycles. The molecule has 7 nitrogen and oxygen atoms in total. The van der Waals surface area contributed by atoms with Gasteiger partial charge >= 0.3 is 5.97 Å². The summed E-state index contributed by atoms with van der Waals surface area (Å²) in [7, 11) is 0. The van der Waals surface area contributed by atoms with Gasteiger partial charge in [-0.25, -0.2) is 0 Å². The van der Waals surface area contributed by atoms with Gasteiger partial charge in [0, 0.05) is 0 Å². The molecule has 2 N–H and O–H groups in total. The summed E-state index contributed by atoms with van der Waals surface area (Å²) in [5.41, 5.74) is 0. The van der Waals surface area contributed by atoms with Crippen LogP contribution in [0.3, 0.4) is 0 Å². The summed E-state index contributed by atoms with van der Waals surface area (Å²) in [5, 5.41) is 11.5. The molecule has 116 valence electrons. The SMILES string of the molecule is CCC1C(=O)NC(=O)CN1C(=O)[C@H]1CC(C)C[C@H]1C(=O)O. The van der Waals surface area contributed by atoms with Crippen molar-refractivity contribution < 1.29 is 24.3 Å². The van der Waals surface area contributed by atoms with Crippen molar-refractivity contribution in [3.8, 4) is 0 Å². The van der Waals surface area contributed by atoms with Crippen LogP contribution in [0.4, 0.5) is 0 Å². The van der Waals surface area contributed by atoms with Crippen LogP contribution >= 0.6 is 0 Å². The third-order valence-electron chi connectivity index (χ3n) is 4.36. The van der Waals surface area contributed by atoms with Crippen LogP contribution in [0.1, 0.15) is 33.1 Å². The van der Waals surface area contributed by atoms with Crippen molar-refractivity contribution in [1.29, 1.82) is 0 Å². The normalized spacial score (nSPS) is 33.0. The van der Waals surface area contributed by atoms with Crippen molar-refractivity contribution in [3.63, 3.8) is 0 Å². The molecule has 7 heteroatoms. The highest BCUT2D eigenvalue weighted by Gasteiger charge is 2.46. The smallest absolute Gasteiger partial charge is 0.307 e. The minimum absolute atomic E-state index is 0.148. The van der Waals surface area contributed by atoms with E-state index in [4.69, 9.17) is 0 Å². The zero-order chi connectivity index (χ0) is 15.7. The van der Waals surface area contributed by atoms with Gasteiger partial charge in [-0.2, -0.15) is 0 Å². The van der Waals surface area contributed by atoms with Crippen molar-refractivity contribution in [2.75, 3.05) is 6.54 Å². The summed E-state index contributed by atoms with van der Waals surface area (Å²) in [6, 6.07) is -0.694. The van der Waals surface area contributed by atoms with Gasteiger partial charge in [0.2, 0.25) is 17.7 Å². The number of nitrogens with one attached hydrogen (secondary N) is 1. The van der Waals surface area contributed by atoms with Crippen LogP contribution in [-0.2, 0) is 19.2 Å². The molecule has 21 heavy (non-hydrogen) atoms. The molecule has 1 saturated carbocycles. The lowest BCUT2D eigenvalue weighted by atomic mass is 9.93. The lowest BCUT2D eigenvalue weighted by Crippen LogP contribution is -2.60. The lowest BCUT2D eigenvalue weighted by Gasteiger charge is -2.35. The van der Waals surface area contributed by atoms with Crippen molar-refractivity contribution in [1.82, 2.24) is 10.2 Å². The zero-order valence-corrected chi connectivity index (χ0v) is 12.2. The van der Waals surface area contributed by atoms with E-state index in [9.17, 15) is 24.3 Å². The van der Waals surface area contributed by atoms with Crippen molar-refractivity contribution >= 4 is 23.7 Å². The number of hydrogen-bond acceptors (Lipinski definition) is 4. The van der Waals surface area contributed by atoms with E-state index in [0.717, 1.165) is 0 Å². The number of carboxylic acids is 1.